The summed E-state index contributed by atoms with van der Waals surface area (Å²) < 4.78 is 10.4. The van der Waals surface area contributed by atoms with Gasteiger partial charge in [0.05, 0.1) is 23.5 Å². The molecule has 0 saturated carbocycles. The molecular formula is C27H31N3O7S. The topological polar surface area (TPSA) is 119 Å². The lowest BCUT2D eigenvalue weighted by Crippen LogP contribution is -2.55. The highest BCUT2D eigenvalue weighted by Crippen LogP contribution is 2.39. The van der Waals surface area contributed by atoms with Gasteiger partial charge in [0.25, 0.3) is 0 Å². The predicted molar refractivity (Wildman–Crippen MR) is 142 cm³/mol. The monoisotopic (exact) mass is 541 g/mol. The Hall–Kier alpha value is -3.91. The van der Waals surface area contributed by atoms with Crippen LogP contribution in [-0.4, -0.2) is 64.9 Å². The first-order valence-electron chi connectivity index (χ1n) is 12.2. The van der Waals surface area contributed by atoms with E-state index in [2.05, 4.69) is 11.8 Å². The maximum absolute atomic E-state index is 13.6. The van der Waals surface area contributed by atoms with Crippen LogP contribution in [0.15, 0.2) is 29.6 Å². The van der Waals surface area contributed by atoms with Crippen LogP contribution in [0.1, 0.15) is 56.2 Å². The van der Waals surface area contributed by atoms with E-state index in [1.165, 1.54) is 35.5 Å². The van der Waals surface area contributed by atoms with Crippen molar-refractivity contribution in [3.8, 4) is 17.6 Å². The van der Waals surface area contributed by atoms with E-state index in [-0.39, 0.29) is 43.1 Å². The first-order valence-corrected chi connectivity index (χ1v) is 13.0. The molecule has 10 nitrogen and oxygen atoms in total. The number of fused-ring (bicyclic) bond motifs is 1. The molecule has 1 unspecified atom stereocenters. The van der Waals surface area contributed by atoms with Gasteiger partial charge in [0, 0.05) is 31.1 Å². The van der Waals surface area contributed by atoms with Crippen molar-refractivity contribution in [1.29, 1.82) is 0 Å². The number of carbonyl (C=O) groups excluding carboxylic acids is 3. The molecule has 0 aliphatic carbocycles. The maximum atomic E-state index is 13.6. The van der Waals surface area contributed by atoms with Crippen LogP contribution >= 0.6 is 11.3 Å². The molecule has 0 saturated heterocycles. The highest BCUT2D eigenvalue weighted by molar-refractivity contribution is 7.10. The fourth-order valence-electron chi connectivity index (χ4n) is 4.28. The van der Waals surface area contributed by atoms with E-state index in [9.17, 15) is 24.5 Å². The number of ether oxygens (including phenoxy) is 2. The normalized spacial score (nSPS) is 14.6. The van der Waals surface area contributed by atoms with Crippen LogP contribution in [0.2, 0.25) is 0 Å². The summed E-state index contributed by atoms with van der Waals surface area (Å²) in [5.41, 5.74) is -0.191. The number of methoxy groups -OCH3 is 1. The van der Waals surface area contributed by atoms with Crippen molar-refractivity contribution in [3.05, 3.63) is 55.8 Å². The largest absolute Gasteiger partial charge is 0.490 e. The van der Waals surface area contributed by atoms with E-state index in [0.29, 0.717) is 12.0 Å². The summed E-state index contributed by atoms with van der Waals surface area (Å²) in [6.45, 7) is 7.37. The molecule has 2 heterocycles. The molecule has 0 radical (unpaired) electrons. The van der Waals surface area contributed by atoms with Crippen LogP contribution in [0.4, 0.5) is 5.69 Å². The lowest BCUT2D eigenvalue weighted by atomic mass is 9.91. The third-order valence-corrected chi connectivity index (χ3v) is 6.85. The second-order valence-corrected chi connectivity index (χ2v) is 10.5. The average molecular weight is 542 g/mol. The maximum Gasteiger partial charge on any atom is 0.333 e. The van der Waals surface area contributed by atoms with E-state index in [4.69, 9.17) is 9.47 Å². The molecule has 3 rings (SSSR count). The second-order valence-electron chi connectivity index (χ2n) is 9.54. The summed E-state index contributed by atoms with van der Waals surface area (Å²) in [6.07, 6.45) is 0.630. The van der Waals surface area contributed by atoms with Gasteiger partial charge in [0.1, 0.15) is 0 Å². The van der Waals surface area contributed by atoms with Crippen LogP contribution in [0, 0.1) is 22.0 Å². The van der Waals surface area contributed by atoms with E-state index in [0.717, 1.165) is 9.78 Å². The highest BCUT2D eigenvalue weighted by Gasteiger charge is 2.43. The predicted octanol–water partition coefficient (Wildman–Crippen LogP) is 3.72. The summed E-state index contributed by atoms with van der Waals surface area (Å²) in [5.74, 6) is 3.71. The van der Waals surface area contributed by atoms with Crippen molar-refractivity contribution in [3.63, 3.8) is 0 Å². The number of benzene rings is 1. The van der Waals surface area contributed by atoms with E-state index >= 15 is 0 Å². The minimum Gasteiger partial charge on any atom is -0.490 e. The van der Waals surface area contributed by atoms with Crippen molar-refractivity contribution in [2.45, 2.75) is 52.1 Å². The van der Waals surface area contributed by atoms with Crippen LogP contribution < -0.4 is 4.74 Å². The lowest BCUT2D eigenvalue weighted by molar-refractivity contribution is -0.385. The quantitative estimate of drug-likeness (QED) is 0.180. The van der Waals surface area contributed by atoms with Crippen LogP contribution in [-0.2, 0) is 25.5 Å². The minimum atomic E-state index is -1.31. The van der Waals surface area contributed by atoms with Gasteiger partial charge < -0.3 is 19.3 Å². The smallest absolute Gasteiger partial charge is 0.333 e. The first-order chi connectivity index (χ1) is 18.0. The molecule has 38 heavy (non-hydrogen) atoms. The second kappa shape index (κ2) is 12.1. The molecular weight excluding hydrogens is 510 g/mol. The van der Waals surface area contributed by atoms with Gasteiger partial charge in [0.15, 0.2) is 11.8 Å². The number of hydrogen-bond donors (Lipinski definition) is 0. The van der Waals surface area contributed by atoms with Gasteiger partial charge >= 0.3 is 23.5 Å². The summed E-state index contributed by atoms with van der Waals surface area (Å²) >= 11 is 1.51. The third kappa shape index (κ3) is 6.31. The highest BCUT2D eigenvalue weighted by atomic mass is 32.1. The number of nitro groups is 1. The summed E-state index contributed by atoms with van der Waals surface area (Å²) in [5, 5.41) is 13.6. The van der Waals surface area contributed by atoms with Crippen molar-refractivity contribution in [1.82, 2.24) is 9.80 Å². The fourth-order valence-corrected chi connectivity index (χ4v) is 4.87. The first kappa shape index (κ1) is 28.7. The van der Waals surface area contributed by atoms with E-state index in [1.54, 1.807) is 6.92 Å². The van der Waals surface area contributed by atoms with Crippen molar-refractivity contribution >= 4 is 34.8 Å². The standard InChI is InChI=1S/C27H31N3O7S/c1-6-37-26(33)23-20-17-21(30(34)35)22(36-5)16-18(20)12-14-28(23)24(31)25(32)29(27(2,3)4)13-8-7-10-19-11-9-15-38-19/h9,11,15-17,23H,6,8,12-14H2,1-5H3. The number of rotatable bonds is 6. The fraction of sp³-hybridized carbons (Fsp3) is 0.444. The number of nitrogens with zero attached hydrogens (tertiary/aromatic N) is 3. The number of nitro benzene ring substituents is 1. The lowest BCUT2D eigenvalue weighted by Gasteiger charge is -2.39. The average Bonchev–Trinajstić information content (AvgIpc) is 3.39. The summed E-state index contributed by atoms with van der Waals surface area (Å²) in [7, 11) is 1.32. The Balaban J connectivity index is 1.93. The van der Waals surface area contributed by atoms with Crippen LogP contribution in [0.25, 0.3) is 0 Å². The van der Waals surface area contributed by atoms with Crippen molar-refractivity contribution in [2.24, 2.45) is 0 Å². The third-order valence-electron chi connectivity index (χ3n) is 6.07. The Kier molecular flexibility index (Phi) is 9.12. The molecule has 2 amide bonds. The van der Waals surface area contributed by atoms with Crippen molar-refractivity contribution in [2.75, 3.05) is 26.8 Å². The molecule has 2 aromatic rings. The zero-order valence-corrected chi connectivity index (χ0v) is 22.9. The SMILES string of the molecule is CCOC(=O)C1c2cc([N+](=O)[O-])c(OC)cc2CCN1C(=O)C(=O)N(CCC#Cc1cccs1)C(C)(C)C. The zero-order valence-electron chi connectivity index (χ0n) is 22.1. The van der Waals surface area contributed by atoms with Gasteiger partial charge in [-0.05, 0) is 62.8 Å². The van der Waals surface area contributed by atoms with Crippen LogP contribution in [0.3, 0.4) is 0 Å². The number of amides is 2. The van der Waals surface area contributed by atoms with Crippen LogP contribution in [0.5, 0.6) is 5.75 Å². The molecule has 1 aromatic carbocycles. The molecule has 0 fully saturated rings. The van der Waals surface area contributed by atoms with Crippen molar-refractivity contribution < 1.29 is 28.8 Å². The van der Waals surface area contributed by atoms with Gasteiger partial charge in [-0.1, -0.05) is 17.9 Å². The van der Waals surface area contributed by atoms with Gasteiger partial charge in [0.2, 0.25) is 0 Å². The number of thiophene rings is 1. The number of esters is 1. The molecule has 1 aliphatic heterocycles. The van der Waals surface area contributed by atoms with Gasteiger partial charge in [-0.25, -0.2) is 4.79 Å². The van der Waals surface area contributed by atoms with Gasteiger partial charge in [-0.2, -0.15) is 0 Å². The van der Waals surface area contributed by atoms with Gasteiger partial charge in [-0.3, -0.25) is 19.7 Å². The Labute approximate surface area is 225 Å². The zero-order chi connectivity index (χ0) is 28.0. The molecule has 0 N–H and O–H groups in total. The minimum absolute atomic E-state index is 0.0376. The molecule has 1 atom stereocenters. The summed E-state index contributed by atoms with van der Waals surface area (Å²) in [4.78, 5) is 54.7. The molecule has 202 valence electrons. The molecule has 0 spiro atoms. The number of carbonyl (C=O) groups is 3. The Bertz CT molecular complexity index is 1270. The Morgan fingerprint density at radius 1 is 1.29 bits per heavy atom. The van der Waals surface area contributed by atoms with E-state index in [1.807, 2.05) is 38.3 Å². The Morgan fingerprint density at radius 2 is 2.03 bits per heavy atom. The number of hydrogen-bond acceptors (Lipinski definition) is 8. The molecule has 0 bridgehead atoms. The van der Waals surface area contributed by atoms with Gasteiger partial charge in [-0.15, -0.1) is 11.3 Å². The molecule has 1 aromatic heterocycles. The Morgan fingerprint density at radius 3 is 2.61 bits per heavy atom. The molecule has 1 aliphatic rings. The van der Waals surface area contributed by atoms with E-state index < -0.39 is 34.3 Å². The summed E-state index contributed by atoms with van der Waals surface area (Å²) in [6, 6.07) is 5.22. The molecule has 11 heteroatoms.